The average Bonchev–Trinajstić information content (AvgIpc) is 2.49. The Balaban J connectivity index is 1.91. The van der Waals surface area contributed by atoms with Crippen LogP contribution < -0.4 is 5.32 Å². The molecule has 1 amide bonds. The maximum atomic E-state index is 12.2. The van der Waals surface area contributed by atoms with Crippen LogP contribution in [0, 0.1) is 6.92 Å². The number of aliphatic hydroxyl groups excluding tert-OH is 1. The molecule has 116 valence electrons. The Morgan fingerprint density at radius 3 is 3.00 bits per heavy atom. The number of hydrogen-bond acceptors (Lipinski definition) is 3. The van der Waals surface area contributed by atoms with Crippen LogP contribution in [0.2, 0.25) is 0 Å². The summed E-state index contributed by atoms with van der Waals surface area (Å²) in [5.41, 5.74) is 1.75. The molecule has 0 saturated carbocycles. The number of nitrogens with zero attached hydrogens (tertiary/aromatic N) is 1. The minimum atomic E-state index is -0.0277. The summed E-state index contributed by atoms with van der Waals surface area (Å²) in [5.74, 6) is -0.0277. The van der Waals surface area contributed by atoms with Crippen molar-refractivity contribution in [2.45, 2.75) is 32.2 Å². The maximum Gasteiger partial charge on any atom is 0.251 e. The zero-order valence-corrected chi connectivity index (χ0v) is 14.0. The summed E-state index contributed by atoms with van der Waals surface area (Å²) in [4.78, 5) is 14.5. The third-order valence-electron chi connectivity index (χ3n) is 4.05. The van der Waals surface area contributed by atoms with Crippen molar-refractivity contribution in [2.24, 2.45) is 0 Å². The molecule has 1 saturated heterocycles. The first-order chi connectivity index (χ1) is 10.1. The number of nitrogens with one attached hydrogen (secondary N) is 1. The smallest absolute Gasteiger partial charge is 0.251 e. The van der Waals surface area contributed by atoms with Crippen molar-refractivity contribution in [3.63, 3.8) is 0 Å². The number of amides is 1. The van der Waals surface area contributed by atoms with Gasteiger partial charge in [-0.25, -0.2) is 0 Å². The third-order valence-corrected chi connectivity index (χ3v) is 4.94. The van der Waals surface area contributed by atoms with Crippen molar-refractivity contribution in [3.05, 3.63) is 33.8 Å². The lowest BCUT2D eigenvalue weighted by molar-refractivity contribution is 0.0889. The molecule has 1 aromatic carbocycles. The number of likely N-dealkylation sites (tertiary alicyclic amines) is 1. The molecule has 1 aromatic rings. The van der Waals surface area contributed by atoms with Crippen LogP contribution in [0.4, 0.5) is 0 Å². The van der Waals surface area contributed by atoms with E-state index in [-0.39, 0.29) is 12.5 Å². The Morgan fingerprint density at radius 1 is 1.48 bits per heavy atom. The first-order valence-corrected chi connectivity index (χ1v) is 8.30. The number of aryl methyl sites for hydroxylation is 1. The minimum Gasteiger partial charge on any atom is -0.395 e. The monoisotopic (exact) mass is 354 g/mol. The predicted octanol–water partition coefficient (Wildman–Crippen LogP) is 2.33. The highest BCUT2D eigenvalue weighted by molar-refractivity contribution is 9.10. The number of β-amino-alcohol motifs (C(OH)–C–C–N with tert-alkyl or cyclic N) is 1. The van der Waals surface area contributed by atoms with E-state index in [9.17, 15) is 4.79 Å². The molecular formula is C16H23BrN2O2. The van der Waals surface area contributed by atoms with Gasteiger partial charge in [0.2, 0.25) is 0 Å². The third kappa shape index (κ3) is 4.53. The van der Waals surface area contributed by atoms with Crippen LogP contribution >= 0.6 is 15.9 Å². The molecule has 0 aromatic heterocycles. The van der Waals surface area contributed by atoms with E-state index in [1.54, 1.807) is 0 Å². The van der Waals surface area contributed by atoms with Gasteiger partial charge in [-0.05, 0) is 50.1 Å². The molecule has 1 heterocycles. The molecule has 1 unspecified atom stereocenters. The molecule has 1 aliphatic rings. The fourth-order valence-electron chi connectivity index (χ4n) is 2.81. The van der Waals surface area contributed by atoms with Gasteiger partial charge in [-0.2, -0.15) is 0 Å². The predicted molar refractivity (Wildman–Crippen MR) is 87.5 cm³/mol. The van der Waals surface area contributed by atoms with Gasteiger partial charge < -0.3 is 10.4 Å². The first-order valence-electron chi connectivity index (χ1n) is 7.51. The maximum absolute atomic E-state index is 12.2. The Bertz CT molecular complexity index is 491. The number of rotatable bonds is 5. The molecule has 0 radical (unpaired) electrons. The average molecular weight is 355 g/mol. The van der Waals surface area contributed by atoms with E-state index in [4.69, 9.17) is 5.11 Å². The number of aliphatic hydroxyl groups is 1. The molecular weight excluding hydrogens is 332 g/mol. The van der Waals surface area contributed by atoms with Crippen molar-refractivity contribution >= 4 is 21.8 Å². The van der Waals surface area contributed by atoms with Gasteiger partial charge in [0, 0.05) is 29.2 Å². The van der Waals surface area contributed by atoms with Crippen LogP contribution in [-0.4, -0.2) is 48.2 Å². The highest BCUT2D eigenvalue weighted by atomic mass is 79.9. The fraction of sp³-hybridized carbons (Fsp3) is 0.562. The molecule has 1 fully saturated rings. The van der Waals surface area contributed by atoms with Crippen LogP contribution in [0.25, 0.3) is 0 Å². The zero-order valence-electron chi connectivity index (χ0n) is 12.4. The van der Waals surface area contributed by atoms with Crippen molar-refractivity contribution in [1.82, 2.24) is 10.2 Å². The fourth-order valence-corrected chi connectivity index (χ4v) is 3.06. The molecule has 1 atom stereocenters. The Hall–Kier alpha value is -0.910. The van der Waals surface area contributed by atoms with Gasteiger partial charge in [-0.15, -0.1) is 0 Å². The SMILES string of the molecule is Cc1cc(C(=O)NCC2CCCCN2CCO)ccc1Br. The van der Waals surface area contributed by atoms with Gasteiger partial charge in [-0.3, -0.25) is 9.69 Å². The normalized spacial score (nSPS) is 19.5. The molecule has 5 heteroatoms. The van der Waals surface area contributed by atoms with E-state index in [1.165, 1.54) is 12.8 Å². The quantitative estimate of drug-likeness (QED) is 0.853. The highest BCUT2D eigenvalue weighted by Gasteiger charge is 2.22. The van der Waals surface area contributed by atoms with E-state index < -0.39 is 0 Å². The lowest BCUT2D eigenvalue weighted by atomic mass is 10.0. The molecule has 1 aliphatic heterocycles. The summed E-state index contributed by atoms with van der Waals surface area (Å²) in [7, 11) is 0. The van der Waals surface area contributed by atoms with Crippen LogP contribution in [0.3, 0.4) is 0 Å². The molecule has 4 nitrogen and oxygen atoms in total. The minimum absolute atomic E-state index is 0.0277. The second-order valence-electron chi connectivity index (χ2n) is 5.58. The van der Waals surface area contributed by atoms with Crippen molar-refractivity contribution < 1.29 is 9.90 Å². The summed E-state index contributed by atoms with van der Waals surface area (Å²) in [6.45, 7) is 4.51. The van der Waals surface area contributed by atoms with Gasteiger partial charge in [0.25, 0.3) is 5.91 Å². The van der Waals surface area contributed by atoms with Gasteiger partial charge >= 0.3 is 0 Å². The molecule has 2 N–H and O–H groups in total. The van der Waals surface area contributed by atoms with E-state index in [2.05, 4.69) is 26.1 Å². The standard InChI is InChI=1S/C16H23BrN2O2/c1-12-10-13(5-6-15(12)17)16(21)18-11-14-4-2-3-7-19(14)8-9-20/h5-6,10,14,20H,2-4,7-9,11H2,1H3,(H,18,21). The topological polar surface area (TPSA) is 52.6 Å². The largest absolute Gasteiger partial charge is 0.395 e. The summed E-state index contributed by atoms with van der Waals surface area (Å²) >= 11 is 3.44. The Morgan fingerprint density at radius 2 is 2.29 bits per heavy atom. The van der Waals surface area contributed by atoms with Crippen LogP contribution in [0.1, 0.15) is 35.2 Å². The van der Waals surface area contributed by atoms with Crippen LogP contribution in [0.15, 0.2) is 22.7 Å². The second kappa shape index (κ2) is 7.92. The summed E-state index contributed by atoms with van der Waals surface area (Å²) in [6.07, 6.45) is 3.45. The number of benzene rings is 1. The molecule has 0 spiro atoms. The van der Waals surface area contributed by atoms with Crippen LogP contribution in [0.5, 0.6) is 0 Å². The number of carbonyl (C=O) groups excluding carboxylic acids is 1. The summed E-state index contributed by atoms with van der Waals surface area (Å²) in [5, 5.41) is 12.1. The van der Waals surface area contributed by atoms with E-state index in [0.29, 0.717) is 24.7 Å². The van der Waals surface area contributed by atoms with Crippen molar-refractivity contribution in [1.29, 1.82) is 0 Å². The van der Waals surface area contributed by atoms with Gasteiger partial charge in [0.1, 0.15) is 0 Å². The van der Waals surface area contributed by atoms with Crippen LogP contribution in [-0.2, 0) is 0 Å². The van der Waals surface area contributed by atoms with E-state index in [1.807, 2.05) is 25.1 Å². The van der Waals surface area contributed by atoms with Gasteiger partial charge in [-0.1, -0.05) is 22.4 Å². The Kier molecular flexibility index (Phi) is 6.21. The molecule has 0 aliphatic carbocycles. The molecule has 0 bridgehead atoms. The number of carbonyl (C=O) groups is 1. The first kappa shape index (κ1) is 16.5. The van der Waals surface area contributed by atoms with Gasteiger partial charge in [0.05, 0.1) is 6.61 Å². The van der Waals surface area contributed by atoms with Gasteiger partial charge in [0.15, 0.2) is 0 Å². The number of halogens is 1. The second-order valence-corrected chi connectivity index (χ2v) is 6.44. The van der Waals surface area contributed by atoms with E-state index >= 15 is 0 Å². The summed E-state index contributed by atoms with van der Waals surface area (Å²) in [6, 6.07) is 5.97. The van der Waals surface area contributed by atoms with E-state index in [0.717, 1.165) is 23.0 Å². The molecule has 2 rings (SSSR count). The zero-order chi connectivity index (χ0) is 15.2. The Labute approximate surface area is 134 Å². The molecule has 21 heavy (non-hydrogen) atoms. The van der Waals surface area contributed by atoms with Crippen molar-refractivity contribution in [2.75, 3.05) is 26.2 Å². The highest BCUT2D eigenvalue weighted by Crippen LogP contribution is 2.18. The lowest BCUT2D eigenvalue weighted by Gasteiger charge is -2.35. The summed E-state index contributed by atoms with van der Waals surface area (Å²) < 4.78 is 1.01. The number of piperidine rings is 1. The van der Waals surface area contributed by atoms with Crippen molar-refractivity contribution in [3.8, 4) is 0 Å². The lowest BCUT2D eigenvalue weighted by Crippen LogP contribution is -2.47. The number of hydrogen-bond donors (Lipinski definition) is 2.